The van der Waals surface area contributed by atoms with Crippen LogP contribution in [0.4, 0.5) is 5.00 Å². The first-order valence-electron chi connectivity index (χ1n) is 8.23. The van der Waals surface area contributed by atoms with E-state index >= 15 is 0 Å². The van der Waals surface area contributed by atoms with E-state index in [4.69, 9.17) is 9.47 Å². The summed E-state index contributed by atoms with van der Waals surface area (Å²) in [5.74, 6) is -2.41. The van der Waals surface area contributed by atoms with Gasteiger partial charge in [-0.3, -0.25) is 9.78 Å². The standard InChI is InChI=1S/C18H16N4O6S/c1-9-11(16(24)27-2)15(29-12(9)17(25)28-3)20-14(23)13-19-18(26)22(21-13)10-7-5-4-6-8-10/h4-8H,1-3H3,(H,20,23)(H,19,21,26). The van der Waals surface area contributed by atoms with Gasteiger partial charge in [-0.05, 0) is 24.6 Å². The zero-order chi connectivity index (χ0) is 21.1. The molecular formula is C18H16N4O6S. The van der Waals surface area contributed by atoms with Crippen molar-refractivity contribution in [2.75, 3.05) is 19.5 Å². The van der Waals surface area contributed by atoms with Crippen molar-refractivity contribution in [2.45, 2.75) is 6.92 Å². The molecular weight excluding hydrogens is 400 g/mol. The molecule has 0 aliphatic heterocycles. The molecule has 29 heavy (non-hydrogen) atoms. The van der Waals surface area contributed by atoms with Gasteiger partial charge in [0.2, 0.25) is 5.82 Å². The van der Waals surface area contributed by atoms with Gasteiger partial charge in [-0.1, -0.05) is 18.2 Å². The first-order valence-corrected chi connectivity index (χ1v) is 9.05. The number of benzene rings is 1. The van der Waals surface area contributed by atoms with Gasteiger partial charge in [0.25, 0.3) is 5.91 Å². The largest absolute Gasteiger partial charge is 0.465 e. The predicted molar refractivity (Wildman–Crippen MR) is 104 cm³/mol. The zero-order valence-corrected chi connectivity index (χ0v) is 16.5. The van der Waals surface area contributed by atoms with Crippen molar-refractivity contribution in [3.63, 3.8) is 0 Å². The number of anilines is 1. The molecule has 1 aromatic carbocycles. The molecule has 0 spiro atoms. The number of nitrogens with zero attached hydrogens (tertiary/aromatic N) is 2. The van der Waals surface area contributed by atoms with Gasteiger partial charge in [0.1, 0.15) is 9.88 Å². The molecule has 0 radical (unpaired) electrons. The molecule has 0 aliphatic carbocycles. The Morgan fingerprint density at radius 1 is 1.10 bits per heavy atom. The molecule has 150 valence electrons. The highest BCUT2D eigenvalue weighted by Gasteiger charge is 2.27. The SMILES string of the molecule is COC(=O)c1sc(NC(=O)c2nn(-c3ccccc3)c(=O)[nH]2)c(C(=O)OC)c1C. The summed E-state index contributed by atoms with van der Waals surface area (Å²) in [6, 6.07) is 8.54. The fourth-order valence-electron chi connectivity index (χ4n) is 2.57. The van der Waals surface area contributed by atoms with Crippen LogP contribution >= 0.6 is 11.3 Å². The number of aromatic nitrogens is 3. The number of carbonyl (C=O) groups is 3. The molecule has 0 saturated heterocycles. The molecule has 0 aliphatic rings. The summed E-state index contributed by atoms with van der Waals surface area (Å²) in [6.07, 6.45) is 0. The molecule has 3 rings (SSSR count). The molecule has 11 heteroatoms. The Morgan fingerprint density at radius 3 is 2.38 bits per heavy atom. The first-order chi connectivity index (χ1) is 13.9. The second-order valence-electron chi connectivity index (χ2n) is 5.72. The number of hydrogen-bond acceptors (Lipinski definition) is 8. The zero-order valence-electron chi connectivity index (χ0n) is 15.6. The lowest BCUT2D eigenvalue weighted by atomic mass is 10.1. The van der Waals surface area contributed by atoms with Crippen LogP contribution in [0.1, 0.15) is 36.2 Å². The van der Waals surface area contributed by atoms with E-state index in [1.165, 1.54) is 21.1 Å². The number of amides is 1. The molecule has 0 saturated carbocycles. The van der Waals surface area contributed by atoms with E-state index in [2.05, 4.69) is 15.4 Å². The minimum atomic E-state index is -0.764. The number of thiophene rings is 1. The first kappa shape index (κ1) is 20.0. The maximum atomic E-state index is 12.6. The van der Waals surface area contributed by atoms with Crippen LogP contribution in [-0.2, 0) is 9.47 Å². The summed E-state index contributed by atoms with van der Waals surface area (Å²) in [7, 11) is 2.39. The number of para-hydroxylation sites is 1. The van der Waals surface area contributed by atoms with Gasteiger partial charge in [-0.2, -0.15) is 4.68 Å². The van der Waals surface area contributed by atoms with Crippen LogP contribution < -0.4 is 11.0 Å². The maximum Gasteiger partial charge on any atom is 0.348 e. The minimum Gasteiger partial charge on any atom is -0.465 e. The predicted octanol–water partition coefficient (Wildman–Crippen LogP) is 1.76. The molecule has 1 amide bonds. The highest BCUT2D eigenvalue weighted by Crippen LogP contribution is 2.34. The Bertz CT molecular complexity index is 1150. The summed E-state index contributed by atoms with van der Waals surface area (Å²) in [6.45, 7) is 1.54. The van der Waals surface area contributed by atoms with Gasteiger partial charge in [-0.25, -0.2) is 14.4 Å². The summed E-state index contributed by atoms with van der Waals surface area (Å²) in [5, 5.41) is 6.56. The van der Waals surface area contributed by atoms with Gasteiger partial charge in [0.15, 0.2) is 0 Å². The summed E-state index contributed by atoms with van der Waals surface area (Å²) in [5.41, 5.74) is 0.207. The van der Waals surface area contributed by atoms with Crippen molar-refractivity contribution in [1.29, 1.82) is 0 Å². The Morgan fingerprint density at radius 2 is 1.76 bits per heavy atom. The number of ether oxygens (including phenoxy) is 2. The Labute approximate surface area is 168 Å². The summed E-state index contributed by atoms with van der Waals surface area (Å²) >= 11 is 0.859. The van der Waals surface area contributed by atoms with Gasteiger partial charge in [-0.15, -0.1) is 16.4 Å². The molecule has 3 aromatic rings. The van der Waals surface area contributed by atoms with Crippen molar-refractivity contribution < 1.29 is 23.9 Å². The number of methoxy groups -OCH3 is 2. The topological polar surface area (TPSA) is 132 Å². The monoisotopic (exact) mass is 416 g/mol. The molecule has 10 nitrogen and oxygen atoms in total. The van der Waals surface area contributed by atoms with Crippen molar-refractivity contribution in [3.05, 3.63) is 62.6 Å². The van der Waals surface area contributed by atoms with Gasteiger partial charge in [0, 0.05) is 0 Å². The van der Waals surface area contributed by atoms with Gasteiger partial charge in [0.05, 0.1) is 25.5 Å². The van der Waals surface area contributed by atoms with Crippen LogP contribution in [0.25, 0.3) is 5.69 Å². The quantitative estimate of drug-likeness (QED) is 0.606. The molecule has 0 bridgehead atoms. The number of nitrogens with one attached hydrogen (secondary N) is 2. The number of carbonyl (C=O) groups excluding carboxylic acids is 3. The smallest absolute Gasteiger partial charge is 0.348 e. The second-order valence-corrected chi connectivity index (χ2v) is 6.74. The third-order valence-electron chi connectivity index (χ3n) is 3.97. The lowest BCUT2D eigenvalue weighted by Crippen LogP contribution is -2.16. The third-order valence-corrected chi connectivity index (χ3v) is 5.15. The minimum absolute atomic E-state index is 0.0242. The number of H-pyrrole nitrogens is 1. The highest BCUT2D eigenvalue weighted by atomic mass is 32.1. The lowest BCUT2D eigenvalue weighted by molar-refractivity contribution is 0.0601. The van der Waals surface area contributed by atoms with Crippen LogP contribution in [-0.4, -0.2) is 46.8 Å². The second kappa shape index (κ2) is 8.10. The third kappa shape index (κ3) is 3.80. The average Bonchev–Trinajstić information content (AvgIpc) is 3.27. The Hall–Kier alpha value is -3.73. The van der Waals surface area contributed by atoms with E-state index in [1.54, 1.807) is 30.3 Å². The van der Waals surface area contributed by atoms with Gasteiger partial charge < -0.3 is 14.8 Å². The normalized spacial score (nSPS) is 10.4. The van der Waals surface area contributed by atoms with E-state index in [1.807, 2.05) is 0 Å². The van der Waals surface area contributed by atoms with Gasteiger partial charge >= 0.3 is 17.6 Å². The molecule has 2 N–H and O–H groups in total. The van der Waals surface area contributed by atoms with Crippen molar-refractivity contribution in [3.8, 4) is 5.69 Å². The van der Waals surface area contributed by atoms with E-state index < -0.39 is 23.5 Å². The van der Waals surface area contributed by atoms with E-state index in [9.17, 15) is 19.2 Å². The van der Waals surface area contributed by atoms with E-state index in [0.29, 0.717) is 11.3 Å². The number of hydrogen-bond donors (Lipinski definition) is 2. The molecule has 0 unspecified atom stereocenters. The highest BCUT2D eigenvalue weighted by molar-refractivity contribution is 7.18. The number of rotatable bonds is 5. The summed E-state index contributed by atoms with van der Waals surface area (Å²) in [4.78, 5) is 51.3. The van der Waals surface area contributed by atoms with Crippen molar-refractivity contribution >= 4 is 34.2 Å². The molecule has 0 fully saturated rings. The van der Waals surface area contributed by atoms with Crippen LogP contribution in [0, 0.1) is 6.92 Å². The number of aromatic amines is 1. The van der Waals surface area contributed by atoms with E-state index in [0.717, 1.165) is 16.0 Å². The van der Waals surface area contributed by atoms with E-state index in [-0.39, 0.29) is 21.3 Å². The average molecular weight is 416 g/mol. The van der Waals surface area contributed by atoms with Crippen LogP contribution in [0.5, 0.6) is 0 Å². The lowest BCUT2D eigenvalue weighted by Gasteiger charge is -2.04. The maximum absolute atomic E-state index is 12.6. The Kier molecular flexibility index (Phi) is 5.59. The molecule has 2 aromatic heterocycles. The fraction of sp³-hybridized carbons (Fsp3) is 0.167. The van der Waals surface area contributed by atoms with Crippen LogP contribution in [0.15, 0.2) is 35.1 Å². The van der Waals surface area contributed by atoms with Crippen LogP contribution in [0.2, 0.25) is 0 Å². The molecule has 0 atom stereocenters. The molecule has 2 heterocycles. The van der Waals surface area contributed by atoms with Crippen molar-refractivity contribution in [2.24, 2.45) is 0 Å². The fourth-order valence-corrected chi connectivity index (χ4v) is 3.68. The van der Waals surface area contributed by atoms with Crippen molar-refractivity contribution in [1.82, 2.24) is 14.8 Å². The Balaban J connectivity index is 1.96. The van der Waals surface area contributed by atoms with Crippen LogP contribution in [0.3, 0.4) is 0 Å². The summed E-state index contributed by atoms with van der Waals surface area (Å²) < 4.78 is 10.5. The number of esters is 2.